The topological polar surface area (TPSA) is 85.8 Å². The first-order valence-electron chi connectivity index (χ1n) is 9.19. The molecular formula is C19H27Cl2N5O. The van der Waals surface area contributed by atoms with Gasteiger partial charge in [0, 0.05) is 37.1 Å². The Bertz CT molecular complexity index is 725. The van der Waals surface area contributed by atoms with Crippen LogP contribution in [-0.2, 0) is 11.3 Å². The van der Waals surface area contributed by atoms with Crippen LogP contribution in [0.25, 0.3) is 5.82 Å². The van der Waals surface area contributed by atoms with Crippen molar-refractivity contribution in [2.24, 2.45) is 23.5 Å². The lowest BCUT2D eigenvalue weighted by Crippen LogP contribution is -2.49. The number of nitrogens with zero attached hydrogens (tertiary/aromatic N) is 3. The van der Waals surface area contributed by atoms with Gasteiger partial charge in [-0.15, -0.1) is 24.8 Å². The Hall–Kier alpha value is -1.63. The van der Waals surface area contributed by atoms with Crippen LogP contribution in [-0.4, -0.2) is 26.7 Å². The van der Waals surface area contributed by atoms with Crippen LogP contribution >= 0.6 is 24.8 Å². The van der Waals surface area contributed by atoms with Crippen molar-refractivity contribution in [2.75, 3.05) is 0 Å². The van der Waals surface area contributed by atoms with Crippen LogP contribution in [0.15, 0.2) is 36.8 Å². The van der Waals surface area contributed by atoms with Gasteiger partial charge in [0.2, 0.25) is 5.91 Å². The first-order valence-corrected chi connectivity index (χ1v) is 9.19. The van der Waals surface area contributed by atoms with E-state index in [0.29, 0.717) is 24.4 Å². The van der Waals surface area contributed by atoms with Crippen LogP contribution in [0.3, 0.4) is 0 Å². The summed E-state index contributed by atoms with van der Waals surface area (Å²) in [4.78, 5) is 17.0. The van der Waals surface area contributed by atoms with E-state index < -0.39 is 0 Å². The number of nitrogens with two attached hydrogens (primary N) is 1. The van der Waals surface area contributed by atoms with E-state index in [1.54, 1.807) is 17.1 Å². The number of aromatic nitrogens is 3. The van der Waals surface area contributed by atoms with Crippen molar-refractivity contribution in [1.82, 2.24) is 20.1 Å². The molecule has 0 radical (unpaired) electrons. The Morgan fingerprint density at radius 1 is 1.22 bits per heavy atom. The summed E-state index contributed by atoms with van der Waals surface area (Å²) in [7, 11) is 0. The molecule has 2 bridgehead atoms. The molecule has 8 heteroatoms. The van der Waals surface area contributed by atoms with E-state index >= 15 is 0 Å². The Morgan fingerprint density at radius 2 is 1.96 bits per heavy atom. The number of hydrogen-bond acceptors (Lipinski definition) is 4. The summed E-state index contributed by atoms with van der Waals surface area (Å²) in [5.41, 5.74) is 7.36. The molecular weight excluding hydrogens is 385 g/mol. The molecule has 2 aliphatic carbocycles. The van der Waals surface area contributed by atoms with Gasteiger partial charge in [-0.05, 0) is 61.3 Å². The predicted molar refractivity (Wildman–Crippen MR) is 109 cm³/mol. The molecule has 4 rings (SSSR count). The SMILES string of the molecule is Cl.Cl.NC1C2CCCC1CC(C(=O)NCc1ccnc(-n3cccn3)c1)C2. The number of nitrogens with one attached hydrogen (secondary N) is 1. The summed E-state index contributed by atoms with van der Waals surface area (Å²) in [6.07, 6.45) is 10.8. The van der Waals surface area contributed by atoms with E-state index in [1.165, 1.54) is 19.3 Å². The summed E-state index contributed by atoms with van der Waals surface area (Å²) in [5, 5.41) is 7.30. The normalized spacial score (nSPS) is 26.4. The summed E-state index contributed by atoms with van der Waals surface area (Å²) in [6.45, 7) is 0.521. The molecule has 2 aromatic heterocycles. The van der Waals surface area contributed by atoms with Gasteiger partial charge in [0.15, 0.2) is 5.82 Å². The van der Waals surface area contributed by atoms with Crippen LogP contribution in [0.1, 0.15) is 37.7 Å². The second-order valence-electron chi connectivity index (χ2n) is 7.39. The Labute approximate surface area is 172 Å². The van der Waals surface area contributed by atoms with Gasteiger partial charge in [-0.2, -0.15) is 5.10 Å². The van der Waals surface area contributed by atoms with Crippen molar-refractivity contribution in [3.05, 3.63) is 42.4 Å². The fourth-order valence-electron chi connectivity index (χ4n) is 4.44. The van der Waals surface area contributed by atoms with E-state index in [-0.39, 0.29) is 36.6 Å². The van der Waals surface area contributed by atoms with Crippen LogP contribution in [0, 0.1) is 17.8 Å². The molecule has 2 unspecified atom stereocenters. The highest BCUT2D eigenvalue weighted by atomic mass is 35.5. The van der Waals surface area contributed by atoms with Crippen molar-refractivity contribution in [3.8, 4) is 5.82 Å². The van der Waals surface area contributed by atoms with Crippen molar-refractivity contribution in [3.63, 3.8) is 0 Å². The smallest absolute Gasteiger partial charge is 0.223 e. The Morgan fingerprint density at radius 3 is 2.63 bits per heavy atom. The first kappa shape index (κ1) is 21.7. The lowest BCUT2D eigenvalue weighted by Gasteiger charge is -2.43. The molecule has 0 saturated heterocycles. The molecule has 2 saturated carbocycles. The standard InChI is InChI=1S/C19H25N5O.2ClH/c20-18-14-3-1-4-15(18)11-16(10-14)19(25)22-12-13-5-7-21-17(9-13)24-8-2-6-23-24;;/h2,5-9,14-16,18H,1,3-4,10-12,20H2,(H,22,25);2*1H. The maximum absolute atomic E-state index is 12.6. The van der Waals surface area contributed by atoms with E-state index in [4.69, 9.17) is 5.73 Å². The highest BCUT2D eigenvalue weighted by Crippen LogP contribution is 2.41. The van der Waals surface area contributed by atoms with Crippen molar-refractivity contribution >= 4 is 30.7 Å². The number of fused-ring (bicyclic) bond motifs is 2. The minimum atomic E-state index is 0. The molecule has 2 heterocycles. The molecule has 2 aromatic rings. The molecule has 3 N–H and O–H groups in total. The zero-order chi connectivity index (χ0) is 17.2. The van der Waals surface area contributed by atoms with Crippen molar-refractivity contribution < 1.29 is 4.79 Å². The lowest BCUT2D eigenvalue weighted by atomic mass is 9.65. The molecule has 0 spiro atoms. The summed E-state index contributed by atoms with van der Waals surface area (Å²) in [5.74, 6) is 2.09. The van der Waals surface area contributed by atoms with E-state index in [2.05, 4.69) is 15.4 Å². The summed E-state index contributed by atoms with van der Waals surface area (Å²) < 4.78 is 1.72. The molecule has 2 atom stereocenters. The monoisotopic (exact) mass is 411 g/mol. The van der Waals surface area contributed by atoms with Gasteiger partial charge in [0.1, 0.15) is 0 Å². The third-order valence-corrected chi connectivity index (χ3v) is 5.80. The molecule has 2 aliphatic rings. The number of pyridine rings is 1. The molecule has 2 fully saturated rings. The second kappa shape index (κ2) is 9.53. The Balaban J connectivity index is 0.00000131. The number of carbonyl (C=O) groups is 1. The average molecular weight is 412 g/mol. The van der Waals surface area contributed by atoms with Crippen LogP contribution < -0.4 is 11.1 Å². The second-order valence-corrected chi connectivity index (χ2v) is 7.39. The van der Waals surface area contributed by atoms with Gasteiger partial charge in [-0.25, -0.2) is 9.67 Å². The van der Waals surface area contributed by atoms with Gasteiger partial charge >= 0.3 is 0 Å². The zero-order valence-electron chi connectivity index (χ0n) is 15.2. The average Bonchev–Trinajstić information content (AvgIpc) is 3.14. The fraction of sp³-hybridized carbons (Fsp3) is 0.526. The third-order valence-electron chi connectivity index (χ3n) is 5.80. The highest BCUT2D eigenvalue weighted by Gasteiger charge is 2.40. The highest BCUT2D eigenvalue weighted by molar-refractivity contribution is 5.85. The molecule has 6 nitrogen and oxygen atoms in total. The van der Waals surface area contributed by atoms with E-state index in [9.17, 15) is 4.79 Å². The van der Waals surface area contributed by atoms with Gasteiger partial charge in [-0.1, -0.05) is 6.42 Å². The van der Waals surface area contributed by atoms with Crippen LogP contribution in [0.4, 0.5) is 0 Å². The fourth-order valence-corrected chi connectivity index (χ4v) is 4.44. The number of carbonyl (C=O) groups excluding carboxylic acids is 1. The van der Waals surface area contributed by atoms with Crippen molar-refractivity contribution in [1.29, 1.82) is 0 Å². The number of hydrogen-bond donors (Lipinski definition) is 2. The molecule has 27 heavy (non-hydrogen) atoms. The number of rotatable bonds is 4. The maximum atomic E-state index is 12.6. The lowest BCUT2D eigenvalue weighted by molar-refractivity contribution is -0.128. The van der Waals surface area contributed by atoms with E-state index in [1.807, 2.05) is 24.4 Å². The van der Waals surface area contributed by atoms with Gasteiger partial charge in [0.05, 0.1) is 0 Å². The molecule has 0 aliphatic heterocycles. The Kier molecular flexibility index (Phi) is 7.65. The van der Waals surface area contributed by atoms with Gasteiger partial charge in [0.25, 0.3) is 0 Å². The summed E-state index contributed by atoms with van der Waals surface area (Å²) in [6, 6.07) is 6.05. The predicted octanol–water partition coefficient (Wildman–Crippen LogP) is 2.88. The zero-order valence-corrected chi connectivity index (χ0v) is 16.8. The van der Waals surface area contributed by atoms with Crippen LogP contribution in [0.2, 0.25) is 0 Å². The first-order chi connectivity index (χ1) is 12.2. The van der Waals surface area contributed by atoms with Gasteiger partial charge in [-0.3, -0.25) is 4.79 Å². The van der Waals surface area contributed by atoms with E-state index in [0.717, 1.165) is 24.2 Å². The number of amides is 1. The molecule has 0 aromatic carbocycles. The maximum Gasteiger partial charge on any atom is 0.223 e. The number of halogens is 2. The van der Waals surface area contributed by atoms with Gasteiger partial charge < -0.3 is 11.1 Å². The largest absolute Gasteiger partial charge is 0.352 e. The minimum Gasteiger partial charge on any atom is -0.352 e. The summed E-state index contributed by atoms with van der Waals surface area (Å²) >= 11 is 0. The molecule has 1 amide bonds. The molecule has 148 valence electrons. The van der Waals surface area contributed by atoms with Crippen molar-refractivity contribution in [2.45, 2.75) is 44.7 Å². The third kappa shape index (κ3) is 4.81. The quantitative estimate of drug-likeness (QED) is 0.809. The van der Waals surface area contributed by atoms with Crippen LogP contribution in [0.5, 0.6) is 0 Å². The minimum absolute atomic E-state index is 0.